The van der Waals surface area contributed by atoms with Crippen LogP contribution in [0.3, 0.4) is 0 Å². The van der Waals surface area contributed by atoms with Gasteiger partial charge in [0, 0.05) is 13.5 Å². The van der Waals surface area contributed by atoms with Gasteiger partial charge in [-0.05, 0) is 12.5 Å². The molecule has 1 aliphatic rings. The molecule has 0 radical (unpaired) electrons. The zero-order valence-corrected chi connectivity index (χ0v) is 16.2. The summed E-state index contributed by atoms with van der Waals surface area (Å²) in [5, 5.41) is 44.3. The molecule has 162 valence electrons. The van der Waals surface area contributed by atoms with E-state index in [1.807, 2.05) is 0 Å². The minimum atomic E-state index is -2.36. The van der Waals surface area contributed by atoms with Crippen LogP contribution in [0.25, 0.3) is 0 Å². The van der Waals surface area contributed by atoms with Crippen LogP contribution in [0, 0.1) is 0 Å². The zero-order valence-electron chi connectivity index (χ0n) is 16.2. The maximum Gasteiger partial charge on any atom is 0.338 e. The van der Waals surface area contributed by atoms with Crippen LogP contribution in [0.5, 0.6) is 0 Å². The number of halogens is 1. The number of carboxylic acid groups (broad SMARTS) is 1. The van der Waals surface area contributed by atoms with Gasteiger partial charge in [-0.2, -0.15) is 0 Å². The molecule has 0 aromatic heterocycles. The predicted octanol–water partition coefficient (Wildman–Crippen LogP) is -1.06. The fourth-order valence-corrected chi connectivity index (χ4v) is 3.40. The number of aliphatic hydroxyl groups is 3. The summed E-state index contributed by atoms with van der Waals surface area (Å²) < 4.78 is 20.7. The molecular weight excluding hydrogens is 387 g/mol. The predicted molar refractivity (Wildman–Crippen MR) is 99.6 cm³/mol. The summed E-state index contributed by atoms with van der Waals surface area (Å²) in [7, 11) is 0. The second kappa shape index (κ2) is 9.59. The van der Waals surface area contributed by atoms with Crippen molar-refractivity contribution in [1.82, 2.24) is 10.6 Å². The second-order valence-electron chi connectivity index (χ2n) is 7.26. The van der Waals surface area contributed by atoms with Gasteiger partial charge < -0.3 is 35.8 Å². The van der Waals surface area contributed by atoms with Gasteiger partial charge in [-0.25, -0.2) is 9.18 Å². The Balaban J connectivity index is 2.41. The third-order valence-corrected chi connectivity index (χ3v) is 5.06. The Morgan fingerprint density at radius 1 is 1.24 bits per heavy atom. The Morgan fingerprint density at radius 2 is 1.86 bits per heavy atom. The molecule has 1 heterocycles. The Labute approximate surface area is 167 Å². The number of aliphatic hydroxyl groups excluding tert-OH is 3. The monoisotopic (exact) mass is 414 g/mol. The molecule has 7 atom stereocenters. The summed E-state index contributed by atoms with van der Waals surface area (Å²) in [5.74, 6) is -2.17. The number of benzene rings is 1. The topological polar surface area (TPSA) is 148 Å². The number of carboxylic acids is 1. The summed E-state index contributed by atoms with van der Waals surface area (Å²) in [4.78, 5) is 23.5. The van der Waals surface area contributed by atoms with Gasteiger partial charge in [-0.15, -0.1) is 0 Å². The molecular formula is C19H27FN2O7. The largest absolute Gasteiger partial charge is 0.479 e. The molecule has 1 aliphatic heterocycles. The third kappa shape index (κ3) is 5.09. The van der Waals surface area contributed by atoms with E-state index in [1.54, 1.807) is 30.3 Å². The molecule has 1 aromatic carbocycles. The zero-order chi connectivity index (χ0) is 21.8. The van der Waals surface area contributed by atoms with Crippen LogP contribution < -0.4 is 10.6 Å². The lowest BCUT2D eigenvalue weighted by molar-refractivity contribution is -0.231. The lowest BCUT2D eigenvalue weighted by Gasteiger charge is -2.49. The van der Waals surface area contributed by atoms with E-state index in [4.69, 9.17) is 9.84 Å². The molecule has 0 saturated carbocycles. The van der Waals surface area contributed by atoms with Gasteiger partial charge in [0.25, 0.3) is 0 Å². The number of hydrogen-bond acceptors (Lipinski definition) is 7. The van der Waals surface area contributed by atoms with Crippen LogP contribution in [-0.2, 0) is 20.9 Å². The van der Waals surface area contributed by atoms with Crippen molar-refractivity contribution in [1.29, 1.82) is 0 Å². The lowest BCUT2D eigenvalue weighted by Crippen LogP contribution is -2.74. The number of carbonyl (C=O) groups excluding carboxylic acids is 1. The SMILES string of the molecule is CC(=O)N[C@@H]1C(NCc2ccccc2)C(F)[C@](C)(C(=O)O)OC1[C@H](O)[C@H](O)CO. The van der Waals surface area contributed by atoms with Crippen molar-refractivity contribution in [2.45, 2.75) is 62.6 Å². The fourth-order valence-electron chi connectivity index (χ4n) is 3.40. The van der Waals surface area contributed by atoms with Gasteiger partial charge in [0.1, 0.15) is 18.3 Å². The highest BCUT2D eigenvalue weighted by molar-refractivity contribution is 5.78. The Hall–Kier alpha value is -2.11. The number of amides is 1. The van der Waals surface area contributed by atoms with Crippen LogP contribution in [0.2, 0.25) is 0 Å². The van der Waals surface area contributed by atoms with Gasteiger partial charge in [-0.3, -0.25) is 4.79 Å². The highest BCUT2D eigenvalue weighted by atomic mass is 19.1. The molecule has 6 N–H and O–H groups in total. The number of alkyl halides is 1. The van der Waals surface area contributed by atoms with E-state index in [0.29, 0.717) is 0 Å². The maximum atomic E-state index is 15.4. The summed E-state index contributed by atoms with van der Waals surface area (Å²) in [6.07, 6.45) is -7.05. The summed E-state index contributed by atoms with van der Waals surface area (Å²) >= 11 is 0. The molecule has 2 rings (SSSR count). The van der Waals surface area contributed by atoms with E-state index in [-0.39, 0.29) is 6.54 Å². The first-order chi connectivity index (χ1) is 13.6. The Kier molecular flexibility index (Phi) is 7.66. The van der Waals surface area contributed by atoms with Crippen LogP contribution in [-0.4, -0.2) is 81.1 Å². The van der Waals surface area contributed by atoms with Gasteiger partial charge in [0.15, 0.2) is 11.8 Å². The average Bonchev–Trinajstić information content (AvgIpc) is 2.69. The van der Waals surface area contributed by atoms with Crippen molar-refractivity contribution in [2.24, 2.45) is 0 Å². The maximum absolute atomic E-state index is 15.4. The van der Waals surface area contributed by atoms with Gasteiger partial charge >= 0.3 is 5.97 Å². The first-order valence-electron chi connectivity index (χ1n) is 9.18. The Morgan fingerprint density at radius 3 is 2.38 bits per heavy atom. The quantitative estimate of drug-likeness (QED) is 0.315. The molecule has 1 aromatic rings. The summed E-state index contributed by atoms with van der Waals surface area (Å²) in [6.45, 7) is 1.52. The van der Waals surface area contributed by atoms with Crippen molar-refractivity contribution >= 4 is 11.9 Å². The van der Waals surface area contributed by atoms with Gasteiger partial charge in [0.2, 0.25) is 5.91 Å². The van der Waals surface area contributed by atoms with E-state index >= 15 is 4.39 Å². The van der Waals surface area contributed by atoms with Crippen LogP contribution in [0.1, 0.15) is 19.4 Å². The number of carbonyl (C=O) groups is 2. The van der Waals surface area contributed by atoms with E-state index in [1.165, 1.54) is 6.92 Å². The normalized spacial score (nSPS) is 31.7. The van der Waals surface area contributed by atoms with Crippen LogP contribution in [0.4, 0.5) is 4.39 Å². The van der Waals surface area contributed by atoms with Crippen molar-refractivity contribution < 1.29 is 39.1 Å². The van der Waals surface area contributed by atoms with E-state index in [9.17, 15) is 24.9 Å². The highest BCUT2D eigenvalue weighted by Gasteiger charge is 2.59. The molecule has 3 unspecified atom stereocenters. The van der Waals surface area contributed by atoms with Gasteiger partial charge in [-0.1, -0.05) is 30.3 Å². The summed E-state index contributed by atoms with van der Waals surface area (Å²) in [6, 6.07) is 6.46. The number of ether oxygens (including phenoxy) is 1. The molecule has 0 bridgehead atoms. The minimum absolute atomic E-state index is 0.156. The van der Waals surface area contributed by atoms with Crippen molar-refractivity contribution in [3.8, 4) is 0 Å². The molecule has 9 nitrogen and oxygen atoms in total. The molecule has 1 amide bonds. The van der Waals surface area contributed by atoms with Crippen molar-refractivity contribution in [3.05, 3.63) is 35.9 Å². The molecule has 10 heteroatoms. The van der Waals surface area contributed by atoms with Crippen LogP contribution in [0.15, 0.2) is 30.3 Å². The number of aliphatic carboxylic acids is 1. The van der Waals surface area contributed by atoms with Gasteiger partial charge in [0.05, 0.1) is 18.7 Å². The number of nitrogens with one attached hydrogen (secondary N) is 2. The average molecular weight is 414 g/mol. The highest BCUT2D eigenvalue weighted by Crippen LogP contribution is 2.34. The van der Waals surface area contributed by atoms with E-state index in [0.717, 1.165) is 12.5 Å². The second-order valence-corrected chi connectivity index (χ2v) is 7.26. The van der Waals surface area contributed by atoms with Crippen LogP contribution >= 0.6 is 0 Å². The standard InChI is InChI=1S/C19H27FN2O7/c1-10(24)22-13-14(21-8-11-6-4-3-5-7-11)17(20)19(2,18(27)28)29-16(13)15(26)12(25)9-23/h3-7,12-17,21,23,25-26H,8-9H2,1-2H3,(H,22,24)(H,27,28)/t12-,13-,14?,15-,16?,17?,19-/m1/s1. The molecule has 0 spiro atoms. The third-order valence-electron chi connectivity index (χ3n) is 5.06. The lowest BCUT2D eigenvalue weighted by atomic mass is 9.81. The number of hydrogen-bond donors (Lipinski definition) is 6. The molecule has 29 heavy (non-hydrogen) atoms. The van der Waals surface area contributed by atoms with Crippen molar-refractivity contribution in [3.63, 3.8) is 0 Å². The first-order valence-corrected chi connectivity index (χ1v) is 9.18. The van der Waals surface area contributed by atoms with E-state index < -0.39 is 60.7 Å². The minimum Gasteiger partial charge on any atom is -0.479 e. The van der Waals surface area contributed by atoms with E-state index in [2.05, 4.69) is 10.6 Å². The Bertz CT molecular complexity index is 707. The number of rotatable bonds is 8. The van der Waals surface area contributed by atoms with Crippen molar-refractivity contribution in [2.75, 3.05) is 6.61 Å². The molecule has 1 fully saturated rings. The fraction of sp³-hybridized carbons (Fsp3) is 0.579. The molecule has 0 aliphatic carbocycles. The smallest absolute Gasteiger partial charge is 0.338 e. The summed E-state index contributed by atoms with van der Waals surface area (Å²) in [5.41, 5.74) is -1.57. The molecule has 1 saturated heterocycles. The first kappa shape index (κ1) is 23.2.